The molecule has 1 atom stereocenters. The van der Waals surface area contributed by atoms with Crippen LogP contribution in [0.2, 0.25) is 0 Å². The summed E-state index contributed by atoms with van der Waals surface area (Å²) >= 11 is 0. The predicted octanol–water partition coefficient (Wildman–Crippen LogP) is 1.69. The molecule has 1 unspecified atom stereocenters. The summed E-state index contributed by atoms with van der Waals surface area (Å²) in [4.78, 5) is 11.8. The maximum atomic E-state index is 13.1. The molecule has 0 radical (unpaired) electrons. The van der Waals surface area contributed by atoms with Gasteiger partial charge in [-0.15, -0.1) is 5.10 Å². The summed E-state index contributed by atoms with van der Waals surface area (Å²) in [6.07, 6.45) is 1.33. The molecule has 0 saturated heterocycles. The van der Waals surface area contributed by atoms with Crippen molar-refractivity contribution in [2.24, 2.45) is 7.05 Å². The Bertz CT molecular complexity index is 658. The number of carbonyl (C=O) groups is 1. The Balaban J connectivity index is 1.78. The van der Waals surface area contributed by atoms with E-state index in [9.17, 15) is 13.6 Å². The fourth-order valence-corrected chi connectivity index (χ4v) is 2.13. The minimum absolute atomic E-state index is 0.141. The molecule has 1 aromatic carbocycles. The molecule has 2 aromatic rings. The first-order valence-electron chi connectivity index (χ1n) is 6.93. The van der Waals surface area contributed by atoms with Crippen LogP contribution in [0.25, 0.3) is 0 Å². The molecule has 0 aliphatic carbocycles. The summed E-state index contributed by atoms with van der Waals surface area (Å²) in [5, 5.41) is 13.8. The zero-order valence-electron chi connectivity index (χ0n) is 12.4. The Morgan fingerprint density at radius 2 is 2.14 bits per heavy atom. The van der Waals surface area contributed by atoms with Crippen LogP contribution in [0.3, 0.4) is 0 Å². The average Bonchev–Trinajstić information content (AvgIpc) is 2.89. The highest BCUT2D eigenvalue weighted by Crippen LogP contribution is 2.12. The second-order valence-electron chi connectivity index (χ2n) is 5.05. The lowest BCUT2D eigenvalue weighted by molar-refractivity contribution is -0.121. The van der Waals surface area contributed by atoms with Crippen LogP contribution in [0.15, 0.2) is 18.2 Å². The highest BCUT2D eigenvalue weighted by atomic mass is 19.2. The van der Waals surface area contributed by atoms with Crippen LogP contribution in [-0.4, -0.2) is 26.1 Å². The molecular weight excluding hydrogens is 292 g/mol. The molecule has 22 heavy (non-hydrogen) atoms. The normalized spacial score (nSPS) is 12.2. The molecule has 0 saturated carbocycles. The van der Waals surface area contributed by atoms with Gasteiger partial charge in [0.2, 0.25) is 5.91 Å². The lowest BCUT2D eigenvalue weighted by atomic mass is 10.1. The number of amides is 1. The molecule has 0 bridgehead atoms. The standard InChI is InChI=1S/C14H17F2N5O/c1-9(14-18-19-20-21(14)2)17-13(22)5-3-4-10-6-7-11(15)12(16)8-10/h6-9H,3-5H2,1-2H3,(H,17,22). The molecule has 1 amide bonds. The van der Waals surface area contributed by atoms with Crippen LogP contribution in [0.1, 0.15) is 37.2 Å². The van der Waals surface area contributed by atoms with E-state index in [2.05, 4.69) is 20.8 Å². The van der Waals surface area contributed by atoms with Gasteiger partial charge in [-0.1, -0.05) is 6.07 Å². The van der Waals surface area contributed by atoms with Crippen molar-refractivity contribution in [3.63, 3.8) is 0 Å². The minimum atomic E-state index is -0.870. The van der Waals surface area contributed by atoms with Gasteiger partial charge in [-0.05, 0) is 47.9 Å². The van der Waals surface area contributed by atoms with Gasteiger partial charge in [0.15, 0.2) is 17.5 Å². The lowest BCUT2D eigenvalue weighted by Crippen LogP contribution is -2.28. The zero-order chi connectivity index (χ0) is 16.1. The Morgan fingerprint density at radius 1 is 1.36 bits per heavy atom. The van der Waals surface area contributed by atoms with Gasteiger partial charge >= 0.3 is 0 Å². The van der Waals surface area contributed by atoms with Crippen molar-refractivity contribution in [1.82, 2.24) is 25.5 Å². The molecule has 1 heterocycles. The summed E-state index contributed by atoms with van der Waals surface area (Å²) in [6.45, 7) is 1.79. The van der Waals surface area contributed by atoms with Crippen LogP contribution in [0, 0.1) is 11.6 Å². The number of halogens is 2. The van der Waals surface area contributed by atoms with Crippen molar-refractivity contribution >= 4 is 5.91 Å². The van der Waals surface area contributed by atoms with Gasteiger partial charge < -0.3 is 5.32 Å². The average molecular weight is 309 g/mol. The quantitative estimate of drug-likeness (QED) is 0.881. The third-order valence-corrected chi connectivity index (χ3v) is 3.27. The van der Waals surface area contributed by atoms with Crippen LogP contribution in [-0.2, 0) is 18.3 Å². The second-order valence-corrected chi connectivity index (χ2v) is 5.05. The van der Waals surface area contributed by atoms with Crippen molar-refractivity contribution in [3.8, 4) is 0 Å². The van der Waals surface area contributed by atoms with E-state index in [4.69, 9.17) is 0 Å². The van der Waals surface area contributed by atoms with Gasteiger partial charge in [0.1, 0.15) is 0 Å². The van der Waals surface area contributed by atoms with Gasteiger partial charge in [-0.25, -0.2) is 13.5 Å². The third kappa shape index (κ3) is 4.06. The number of rotatable bonds is 6. The summed E-state index contributed by atoms with van der Waals surface area (Å²) in [7, 11) is 1.70. The van der Waals surface area contributed by atoms with Crippen molar-refractivity contribution in [2.45, 2.75) is 32.2 Å². The summed E-state index contributed by atoms with van der Waals surface area (Å²) in [5.74, 6) is -1.31. The SMILES string of the molecule is CC(NC(=O)CCCc1ccc(F)c(F)c1)c1nnnn1C. The van der Waals surface area contributed by atoms with E-state index in [1.165, 1.54) is 10.7 Å². The molecule has 0 fully saturated rings. The highest BCUT2D eigenvalue weighted by molar-refractivity contribution is 5.76. The summed E-state index contributed by atoms with van der Waals surface area (Å²) in [5.41, 5.74) is 0.664. The van der Waals surface area contributed by atoms with Crippen LogP contribution < -0.4 is 5.32 Å². The fourth-order valence-electron chi connectivity index (χ4n) is 2.13. The van der Waals surface area contributed by atoms with E-state index in [-0.39, 0.29) is 18.4 Å². The van der Waals surface area contributed by atoms with Gasteiger partial charge in [-0.3, -0.25) is 4.79 Å². The first kappa shape index (κ1) is 16.0. The van der Waals surface area contributed by atoms with E-state index in [1.54, 1.807) is 14.0 Å². The molecule has 118 valence electrons. The monoisotopic (exact) mass is 309 g/mol. The van der Waals surface area contributed by atoms with Crippen LogP contribution in [0.5, 0.6) is 0 Å². The molecule has 1 aromatic heterocycles. The van der Waals surface area contributed by atoms with E-state index >= 15 is 0 Å². The Labute approximate surface area is 126 Å². The zero-order valence-corrected chi connectivity index (χ0v) is 12.4. The predicted molar refractivity (Wildman–Crippen MR) is 74.7 cm³/mol. The van der Waals surface area contributed by atoms with E-state index < -0.39 is 11.6 Å². The molecule has 1 N–H and O–H groups in total. The first-order valence-corrected chi connectivity index (χ1v) is 6.93. The molecular formula is C14H17F2N5O. The van der Waals surface area contributed by atoms with Gasteiger partial charge in [0, 0.05) is 13.5 Å². The molecule has 2 rings (SSSR count). The van der Waals surface area contributed by atoms with Gasteiger partial charge in [0.05, 0.1) is 6.04 Å². The first-order chi connectivity index (χ1) is 10.5. The molecule has 0 spiro atoms. The number of aryl methyl sites for hydroxylation is 2. The number of carbonyl (C=O) groups excluding carboxylic acids is 1. The largest absolute Gasteiger partial charge is 0.346 e. The van der Waals surface area contributed by atoms with Gasteiger partial charge in [-0.2, -0.15) is 0 Å². The lowest BCUT2D eigenvalue weighted by Gasteiger charge is -2.12. The van der Waals surface area contributed by atoms with E-state index in [1.807, 2.05) is 0 Å². The van der Waals surface area contributed by atoms with Crippen molar-refractivity contribution in [1.29, 1.82) is 0 Å². The highest BCUT2D eigenvalue weighted by Gasteiger charge is 2.14. The smallest absolute Gasteiger partial charge is 0.220 e. The number of hydrogen-bond donors (Lipinski definition) is 1. The van der Waals surface area contributed by atoms with Crippen molar-refractivity contribution < 1.29 is 13.6 Å². The third-order valence-electron chi connectivity index (χ3n) is 3.27. The molecule has 8 heteroatoms. The number of nitrogens with one attached hydrogen (secondary N) is 1. The van der Waals surface area contributed by atoms with E-state index in [0.29, 0.717) is 24.2 Å². The Hall–Kier alpha value is -2.38. The number of hydrogen-bond acceptors (Lipinski definition) is 4. The number of nitrogens with zero attached hydrogens (tertiary/aromatic N) is 4. The minimum Gasteiger partial charge on any atom is -0.346 e. The molecule has 0 aliphatic rings. The Kier molecular flexibility index (Phi) is 5.13. The maximum absolute atomic E-state index is 13.1. The van der Waals surface area contributed by atoms with Crippen molar-refractivity contribution in [3.05, 3.63) is 41.2 Å². The number of aromatic nitrogens is 4. The molecule has 6 nitrogen and oxygen atoms in total. The number of tetrazole rings is 1. The van der Waals surface area contributed by atoms with Crippen LogP contribution >= 0.6 is 0 Å². The topological polar surface area (TPSA) is 72.7 Å². The van der Waals surface area contributed by atoms with E-state index in [0.717, 1.165) is 12.1 Å². The summed E-state index contributed by atoms with van der Waals surface area (Å²) < 4.78 is 27.4. The fraction of sp³-hybridized carbons (Fsp3) is 0.429. The van der Waals surface area contributed by atoms with Crippen molar-refractivity contribution in [2.75, 3.05) is 0 Å². The molecule has 0 aliphatic heterocycles. The summed E-state index contributed by atoms with van der Waals surface area (Å²) in [6, 6.07) is 3.47. The van der Waals surface area contributed by atoms with Gasteiger partial charge in [0.25, 0.3) is 0 Å². The maximum Gasteiger partial charge on any atom is 0.220 e. The van der Waals surface area contributed by atoms with Crippen LogP contribution in [0.4, 0.5) is 8.78 Å². The Morgan fingerprint density at radius 3 is 2.77 bits per heavy atom. The number of benzene rings is 1. The second kappa shape index (κ2) is 7.06.